The van der Waals surface area contributed by atoms with E-state index in [2.05, 4.69) is 25.9 Å². The Morgan fingerprint density at radius 3 is 2.26 bits per heavy atom. The predicted octanol–water partition coefficient (Wildman–Crippen LogP) is 6.80. The number of alkyl carbamates (subject to hydrolysis) is 2. The van der Waals surface area contributed by atoms with E-state index < -0.39 is 45.4 Å². The monoisotopic (exact) mass is 806 g/mol. The number of benzene rings is 2. The highest BCUT2D eigenvalue weighted by molar-refractivity contribution is 7.89. The summed E-state index contributed by atoms with van der Waals surface area (Å²) in [5.41, 5.74) is 1.22. The molecule has 1 aromatic heterocycles. The lowest BCUT2D eigenvalue weighted by Gasteiger charge is -2.24. The standard InChI is InChI=1S/C37H48Cl2N6O8S/c1-22-20-23(2)42-31-24(22)12-9-14-28(31)51-21-25-26(38)15-16-29(30(25)39)54(49,50)45-19-10-13-27(45)32(46)40-17-11-18-41-33(43-34(47)52-36(3,4)5)44-35(48)53-37(6,7)8/h9,12,14-16,20,27H,10-11,13,17-19,21H2,1-8H3,(H,40,46)(H2,41,43,44,47,48)/t27-/m0/s1. The van der Waals surface area contributed by atoms with Gasteiger partial charge in [-0.2, -0.15) is 4.31 Å². The van der Waals surface area contributed by atoms with E-state index in [9.17, 15) is 22.8 Å². The molecule has 2 heterocycles. The first-order valence-electron chi connectivity index (χ1n) is 17.5. The molecule has 3 N–H and O–H groups in total. The van der Waals surface area contributed by atoms with Crippen molar-refractivity contribution in [3.05, 3.63) is 63.3 Å². The van der Waals surface area contributed by atoms with Crippen molar-refractivity contribution in [3.63, 3.8) is 0 Å². The van der Waals surface area contributed by atoms with Crippen molar-refractivity contribution in [1.82, 2.24) is 25.2 Å². The number of fused-ring (bicyclic) bond motifs is 1. The van der Waals surface area contributed by atoms with Crippen LogP contribution >= 0.6 is 23.2 Å². The largest absolute Gasteiger partial charge is 0.487 e. The molecule has 1 saturated heterocycles. The number of nitrogens with one attached hydrogen (secondary N) is 3. The van der Waals surface area contributed by atoms with Crippen molar-refractivity contribution in [2.24, 2.45) is 4.99 Å². The molecular weight excluding hydrogens is 759 g/mol. The number of para-hydroxylation sites is 1. The molecule has 0 radical (unpaired) electrons. The number of sulfonamides is 1. The number of carbonyl (C=O) groups is 3. The van der Waals surface area contributed by atoms with E-state index in [1.807, 2.05) is 32.0 Å². The van der Waals surface area contributed by atoms with Gasteiger partial charge in [0.25, 0.3) is 0 Å². The van der Waals surface area contributed by atoms with Crippen LogP contribution in [0.1, 0.15) is 77.6 Å². The van der Waals surface area contributed by atoms with Crippen molar-refractivity contribution in [2.45, 2.75) is 103 Å². The van der Waals surface area contributed by atoms with E-state index in [4.69, 9.17) is 37.4 Å². The lowest BCUT2D eigenvalue weighted by molar-refractivity contribution is -0.124. The normalized spacial score (nSPS) is 15.0. The Labute approximate surface area is 326 Å². The first-order chi connectivity index (χ1) is 25.2. The van der Waals surface area contributed by atoms with Gasteiger partial charge in [0, 0.05) is 41.3 Å². The number of guanidine groups is 1. The summed E-state index contributed by atoms with van der Waals surface area (Å²) in [5.74, 6) is -0.181. The number of amides is 3. The number of halogens is 2. The number of aromatic nitrogens is 1. The third-order valence-electron chi connectivity index (χ3n) is 7.90. The highest BCUT2D eigenvalue weighted by Gasteiger charge is 2.40. The molecule has 1 aliphatic rings. The molecule has 1 fully saturated rings. The first-order valence-corrected chi connectivity index (χ1v) is 19.7. The van der Waals surface area contributed by atoms with E-state index in [0.717, 1.165) is 20.9 Å². The van der Waals surface area contributed by atoms with E-state index in [1.54, 1.807) is 47.6 Å². The van der Waals surface area contributed by atoms with Crippen molar-refractivity contribution in [3.8, 4) is 5.75 Å². The van der Waals surface area contributed by atoms with Gasteiger partial charge in [0.1, 0.15) is 40.0 Å². The Bertz CT molecular complexity index is 2000. The summed E-state index contributed by atoms with van der Waals surface area (Å²) in [6.07, 6.45) is -0.604. The summed E-state index contributed by atoms with van der Waals surface area (Å²) in [5, 5.41) is 8.62. The van der Waals surface area contributed by atoms with Crippen LogP contribution in [0.15, 0.2) is 46.3 Å². The molecule has 17 heteroatoms. The van der Waals surface area contributed by atoms with Gasteiger partial charge >= 0.3 is 12.2 Å². The number of aryl methyl sites for hydroxylation is 2. The molecule has 54 heavy (non-hydrogen) atoms. The van der Waals surface area contributed by atoms with Gasteiger partial charge in [-0.25, -0.2) is 23.0 Å². The first kappa shape index (κ1) is 42.6. The fraction of sp³-hybridized carbons (Fsp3) is 0.486. The summed E-state index contributed by atoms with van der Waals surface area (Å²) in [6, 6.07) is 9.35. The number of hydrogen-bond donors (Lipinski definition) is 3. The Morgan fingerprint density at radius 1 is 0.981 bits per heavy atom. The average molecular weight is 808 g/mol. The van der Waals surface area contributed by atoms with E-state index in [1.165, 1.54) is 12.1 Å². The van der Waals surface area contributed by atoms with Crippen LogP contribution in [0.4, 0.5) is 9.59 Å². The summed E-state index contributed by atoms with van der Waals surface area (Å²) >= 11 is 13.3. The quantitative estimate of drug-likeness (QED) is 0.113. The van der Waals surface area contributed by atoms with Gasteiger partial charge in [0.2, 0.25) is 21.9 Å². The van der Waals surface area contributed by atoms with E-state index in [0.29, 0.717) is 30.5 Å². The molecule has 3 aromatic rings. The highest BCUT2D eigenvalue weighted by Crippen LogP contribution is 2.36. The number of rotatable bonds is 10. The van der Waals surface area contributed by atoms with Crippen LogP contribution in [0.3, 0.4) is 0 Å². The van der Waals surface area contributed by atoms with Gasteiger partial charge in [-0.1, -0.05) is 35.3 Å². The zero-order valence-corrected chi connectivity index (χ0v) is 34.1. The molecule has 0 spiro atoms. The Balaban J connectivity index is 1.42. The molecule has 1 aliphatic heterocycles. The molecule has 1 atom stereocenters. The summed E-state index contributed by atoms with van der Waals surface area (Å²) in [4.78, 5) is 46.7. The van der Waals surface area contributed by atoms with Gasteiger partial charge in [0.05, 0.1) is 5.02 Å². The second-order valence-electron chi connectivity index (χ2n) is 14.8. The number of hydrogen-bond acceptors (Lipinski definition) is 10. The zero-order chi connectivity index (χ0) is 40.0. The van der Waals surface area contributed by atoms with Gasteiger partial charge < -0.3 is 19.5 Å². The summed E-state index contributed by atoms with van der Waals surface area (Å²) in [7, 11) is -4.24. The van der Waals surface area contributed by atoms with Crippen LogP contribution in [0, 0.1) is 13.8 Å². The van der Waals surface area contributed by atoms with E-state index >= 15 is 0 Å². The van der Waals surface area contributed by atoms with Crippen LogP contribution in [-0.2, 0) is 30.9 Å². The SMILES string of the molecule is Cc1cc(C)c2cccc(OCc3c(Cl)ccc(S(=O)(=O)N4CCC[C@H]4C(=O)NCCCN=C(NC(=O)OC(C)(C)C)NC(=O)OC(C)(C)C)c3Cl)c2n1. The van der Waals surface area contributed by atoms with Gasteiger partial charge in [-0.3, -0.25) is 20.4 Å². The minimum absolute atomic E-state index is 0.0766. The maximum atomic E-state index is 14.0. The molecule has 0 aliphatic carbocycles. The van der Waals surface area contributed by atoms with Crippen LogP contribution in [0.2, 0.25) is 10.0 Å². The molecule has 0 bridgehead atoms. The number of ether oxygens (including phenoxy) is 3. The molecular formula is C37H48Cl2N6O8S. The summed E-state index contributed by atoms with van der Waals surface area (Å²) < 4.78 is 45.8. The van der Waals surface area contributed by atoms with Crippen molar-refractivity contribution in [1.29, 1.82) is 0 Å². The minimum Gasteiger partial charge on any atom is -0.487 e. The fourth-order valence-corrected chi connectivity index (χ4v) is 8.18. The Morgan fingerprint density at radius 2 is 1.63 bits per heavy atom. The predicted molar refractivity (Wildman–Crippen MR) is 208 cm³/mol. The van der Waals surface area contributed by atoms with Crippen molar-refractivity contribution in [2.75, 3.05) is 19.6 Å². The second kappa shape index (κ2) is 17.5. The van der Waals surface area contributed by atoms with E-state index in [-0.39, 0.29) is 52.7 Å². The lowest BCUT2D eigenvalue weighted by atomic mass is 10.1. The number of pyridine rings is 1. The maximum Gasteiger partial charge on any atom is 0.414 e. The Hall–Kier alpha value is -4.18. The highest BCUT2D eigenvalue weighted by atomic mass is 35.5. The maximum absolute atomic E-state index is 14.0. The second-order valence-corrected chi connectivity index (χ2v) is 17.4. The van der Waals surface area contributed by atoms with Crippen LogP contribution in [-0.4, -0.2) is 78.6 Å². The van der Waals surface area contributed by atoms with Crippen LogP contribution in [0.5, 0.6) is 5.75 Å². The molecule has 4 rings (SSSR count). The van der Waals surface area contributed by atoms with Crippen molar-refractivity contribution < 1.29 is 37.0 Å². The Kier molecular flexibility index (Phi) is 13.8. The third-order valence-corrected chi connectivity index (χ3v) is 10.7. The molecule has 294 valence electrons. The third kappa shape index (κ3) is 11.4. The van der Waals surface area contributed by atoms with Gasteiger partial charge in [0.15, 0.2) is 0 Å². The fourth-order valence-electron chi connectivity index (χ4n) is 5.66. The molecule has 0 saturated carbocycles. The zero-order valence-electron chi connectivity index (χ0n) is 31.8. The number of nitrogens with zero attached hydrogens (tertiary/aromatic N) is 3. The minimum atomic E-state index is -4.24. The average Bonchev–Trinajstić information content (AvgIpc) is 3.54. The molecule has 3 amide bonds. The van der Waals surface area contributed by atoms with Crippen LogP contribution < -0.4 is 20.7 Å². The van der Waals surface area contributed by atoms with Gasteiger partial charge in [-0.05, 0) is 104 Å². The molecule has 0 unspecified atom stereocenters. The smallest absolute Gasteiger partial charge is 0.414 e. The van der Waals surface area contributed by atoms with Crippen molar-refractivity contribution >= 4 is 68.2 Å². The summed E-state index contributed by atoms with van der Waals surface area (Å²) in [6.45, 7) is 14.2. The lowest BCUT2D eigenvalue weighted by Crippen LogP contribution is -2.47. The van der Waals surface area contributed by atoms with Crippen LogP contribution in [0.25, 0.3) is 10.9 Å². The number of carbonyl (C=O) groups excluding carboxylic acids is 3. The number of aliphatic imine (C=N–C) groups is 1. The molecule has 14 nitrogen and oxygen atoms in total. The van der Waals surface area contributed by atoms with Gasteiger partial charge in [-0.15, -0.1) is 0 Å². The molecule has 2 aromatic carbocycles. The topological polar surface area (TPSA) is 178 Å².